The smallest absolute Gasteiger partial charge is 0.272 e. The molecule has 1 fully saturated rings. The number of amides is 1. The molecular formula is C12H16B2N2O2. The van der Waals surface area contributed by atoms with Crippen molar-refractivity contribution in [2.24, 2.45) is 0 Å². The Kier molecular flexibility index (Phi) is 4.57. The maximum atomic E-state index is 11.8. The number of hydrogen-bond acceptors (Lipinski definition) is 3. The normalized spacial score (nSPS) is 17.8. The van der Waals surface area contributed by atoms with Crippen molar-refractivity contribution < 1.29 is 9.90 Å². The molecule has 4 nitrogen and oxygen atoms in total. The van der Waals surface area contributed by atoms with Crippen molar-refractivity contribution in [1.82, 2.24) is 9.88 Å². The van der Waals surface area contributed by atoms with E-state index in [2.05, 4.69) is 4.98 Å². The van der Waals surface area contributed by atoms with Crippen molar-refractivity contribution in [3.05, 3.63) is 29.6 Å². The minimum Gasteiger partial charge on any atom is -0.403 e. The van der Waals surface area contributed by atoms with Gasteiger partial charge in [-0.15, -0.1) is 0 Å². The summed E-state index contributed by atoms with van der Waals surface area (Å²) in [5.74, 6) is -0.168. The lowest BCUT2D eigenvalue weighted by Gasteiger charge is -2.18. The molecule has 1 atom stereocenters. The molecule has 1 aliphatic heterocycles. The van der Waals surface area contributed by atoms with Gasteiger partial charge in [0.25, 0.3) is 5.91 Å². The summed E-state index contributed by atoms with van der Waals surface area (Å²) < 4.78 is 0. The molecule has 1 aliphatic rings. The number of carbonyl (C=O) groups is 1. The number of pyridine rings is 1. The highest BCUT2D eigenvalue weighted by Gasteiger charge is 2.35. The Hall–Kier alpha value is -1.29. The highest BCUT2D eigenvalue weighted by molar-refractivity contribution is 6.38. The highest BCUT2D eigenvalue weighted by atomic mass is 16.3. The molecule has 0 saturated carbocycles. The van der Waals surface area contributed by atoms with Crippen LogP contribution in [0.15, 0.2) is 18.2 Å². The third-order valence-electron chi connectivity index (χ3n) is 2.50. The van der Waals surface area contributed by atoms with Crippen LogP contribution < -0.4 is 0 Å². The van der Waals surface area contributed by atoms with Gasteiger partial charge in [0.05, 0.1) is 5.69 Å². The molecule has 2 rings (SSSR count). The van der Waals surface area contributed by atoms with Gasteiger partial charge in [0.1, 0.15) is 21.4 Å². The van der Waals surface area contributed by atoms with Crippen LogP contribution in [-0.2, 0) is 5.40 Å². The molecule has 0 spiro atoms. The van der Waals surface area contributed by atoms with Crippen LogP contribution in [0, 0.1) is 0 Å². The molecule has 0 aromatic carbocycles. The summed E-state index contributed by atoms with van der Waals surface area (Å²) in [6.45, 7) is 6.68. The Labute approximate surface area is 110 Å². The third kappa shape index (κ3) is 3.35. The highest BCUT2D eigenvalue weighted by Crippen LogP contribution is 2.20. The lowest BCUT2D eigenvalue weighted by atomic mass is 9.63. The molecule has 6 heteroatoms. The van der Waals surface area contributed by atoms with E-state index in [9.17, 15) is 9.90 Å². The van der Waals surface area contributed by atoms with E-state index in [4.69, 9.17) is 15.7 Å². The first kappa shape index (κ1) is 14.8. The van der Waals surface area contributed by atoms with Gasteiger partial charge < -0.3 is 10.0 Å². The maximum Gasteiger partial charge on any atom is 0.272 e. The van der Waals surface area contributed by atoms with Gasteiger partial charge in [0.2, 0.25) is 0 Å². The maximum absolute atomic E-state index is 11.8. The van der Waals surface area contributed by atoms with Gasteiger partial charge in [-0.3, -0.25) is 4.79 Å². The molecule has 1 amide bonds. The van der Waals surface area contributed by atoms with Crippen molar-refractivity contribution in [3.8, 4) is 0 Å². The van der Waals surface area contributed by atoms with Crippen molar-refractivity contribution in [2.45, 2.75) is 32.2 Å². The SMILES string of the molecule is CC.[B]C([B])(O)c1cccc(C(=O)N2CC2C)n1. The predicted molar refractivity (Wildman–Crippen MR) is 71.5 cm³/mol. The van der Waals surface area contributed by atoms with Gasteiger partial charge in [-0.2, -0.15) is 0 Å². The van der Waals surface area contributed by atoms with Crippen molar-refractivity contribution in [3.63, 3.8) is 0 Å². The summed E-state index contributed by atoms with van der Waals surface area (Å²) in [6, 6.07) is 4.90. The van der Waals surface area contributed by atoms with Crippen molar-refractivity contribution in [2.75, 3.05) is 6.54 Å². The number of rotatable bonds is 2. The number of carbonyl (C=O) groups excluding carboxylic acids is 1. The first-order valence-corrected chi connectivity index (χ1v) is 5.98. The first-order valence-electron chi connectivity index (χ1n) is 5.98. The number of hydrogen-bond donors (Lipinski definition) is 1. The van der Waals surface area contributed by atoms with Crippen LogP contribution in [0.1, 0.15) is 37.0 Å². The molecule has 1 N–H and O–H groups in total. The Bertz CT molecular complexity index is 432. The molecule has 0 bridgehead atoms. The van der Waals surface area contributed by atoms with Crippen LogP contribution in [0.25, 0.3) is 0 Å². The zero-order chi connectivity index (χ0) is 13.9. The van der Waals surface area contributed by atoms with Gasteiger partial charge in [-0.05, 0) is 19.1 Å². The van der Waals surface area contributed by atoms with Gasteiger partial charge in [0, 0.05) is 18.0 Å². The molecule has 4 radical (unpaired) electrons. The van der Waals surface area contributed by atoms with Gasteiger partial charge >= 0.3 is 0 Å². The fraction of sp³-hybridized carbons (Fsp3) is 0.500. The van der Waals surface area contributed by atoms with E-state index in [1.54, 1.807) is 17.0 Å². The second kappa shape index (κ2) is 5.57. The van der Waals surface area contributed by atoms with Crippen LogP contribution in [0.4, 0.5) is 0 Å². The largest absolute Gasteiger partial charge is 0.403 e. The van der Waals surface area contributed by atoms with Gasteiger partial charge in [0.15, 0.2) is 0 Å². The minimum atomic E-state index is -2.01. The fourth-order valence-electron chi connectivity index (χ4n) is 1.44. The second-order valence-electron chi connectivity index (χ2n) is 4.04. The zero-order valence-electron chi connectivity index (χ0n) is 10.9. The second-order valence-corrected chi connectivity index (χ2v) is 4.04. The molecule has 0 aliphatic carbocycles. The number of nitrogens with zero attached hydrogens (tertiary/aromatic N) is 2. The monoisotopic (exact) mass is 242 g/mol. The van der Waals surface area contributed by atoms with Crippen LogP contribution in [0.3, 0.4) is 0 Å². The Morgan fingerprint density at radius 3 is 2.50 bits per heavy atom. The molecule has 1 unspecified atom stereocenters. The summed E-state index contributed by atoms with van der Waals surface area (Å²) in [4.78, 5) is 17.4. The summed E-state index contributed by atoms with van der Waals surface area (Å²) in [5, 5.41) is 7.36. The minimum absolute atomic E-state index is 0.0767. The van der Waals surface area contributed by atoms with Crippen molar-refractivity contribution in [1.29, 1.82) is 0 Å². The van der Waals surface area contributed by atoms with E-state index in [0.717, 1.165) is 6.54 Å². The Morgan fingerprint density at radius 1 is 1.50 bits per heavy atom. The fourth-order valence-corrected chi connectivity index (χ4v) is 1.44. The van der Waals surface area contributed by atoms with E-state index >= 15 is 0 Å². The van der Waals surface area contributed by atoms with Gasteiger partial charge in [-0.25, -0.2) is 4.98 Å². The Balaban J connectivity index is 0.000000771. The number of aromatic nitrogens is 1. The molecular weight excluding hydrogens is 226 g/mol. The van der Waals surface area contributed by atoms with E-state index < -0.39 is 5.40 Å². The summed E-state index contributed by atoms with van der Waals surface area (Å²) >= 11 is 0. The molecule has 1 saturated heterocycles. The molecule has 2 heterocycles. The van der Waals surface area contributed by atoms with Crippen molar-refractivity contribution >= 4 is 21.6 Å². The van der Waals surface area contributed by atoms with Gasteiger partial charge in [-0.1, -0.05) is 19.9 Å². The molecule has 1 aromatic heterocycles. The summed E-state index contributed by atoms with van der Waals surface area (Å²) in [7, 11) is 10.6. The van der Waals surface area contributed by atoms with E-state index in [1.807, 2.05) is 20.8 Å². The predicted octanol–water partition coefficient (Wildman–Crippen LogP) is 0.392. The Morgan fingerprint density at radius 2 is 2.06 bits per heavy atom. The van der Waals surface area contributed by atoms with Crippen LogP contribution in [0.2, 0.25) is 0 Å². The zero-order valence-corrected chi connectivity index (χ0v) is 10.9. The third-order valence-corrected chi connectivity index (χ3v) is 2.50. The average molecular weight is 242 g/mol. The topological polar surface area (TPSA) is 53.2 Å². The lowest BCUT2D eigenvalue weighted by molar-refractivity contribution is 0.0870. The summed E-state index contributed by atoms with van der Waals surface area (Å²) in [6.07, 6.45) is 0. The quantitative estimate of drug-likeness (QED) is 0.602. The first-order chi connectivity index (χ1) is 8.39. The average Bonchev–Trinajstić information content (AvgIpc) is 3.07. The molecule has 92 valence electrons. The van der Waals surface area contributed by atoms with Crippen LogP contribution in [-0.4, -0.2) is 49.2 Å². The lowest BCUT2D eigenvalue weighted by Crippen LogP contribution is -2.28. The molecule has 1 aromatic rings. The van der Waals surface area contributed by atoms with E-state index in [-0.39, 0.29) is 23.3 Å². The van der Waals surface area contributed by atoms with E-state index in [1.165, 1.54) is 6.07 Å². The molecule has 18 heavy (non-hydrogen) atoms. The van der Waals surface area contributed by atoms with Crippen LogP contribution >= 0.6 is 0 Å². The summed E-state index contributed by atoms with van der Waals surface area (Å²) in [5.41, 5.74) is 0.323. The van der Waals surface area contributed by atoms with E-state index in [0.29, 0.717) is 0 Å². The standard InChI is InChI=1S/C10H10B2N2O2.C2H6/c1-6-5-14(6)9(15)7-3-2-4-8(13-7)10(11,12)16;1-2/h2-4,6,16H,5H2,1H3;1-2H3. The van der Waals surface area contributed by atoms with Crippen LogP contribution in [0.5, 0.6) is 0 Å². The number of aliphatic hydroxyl groups is 1.